The van der Waals surface area contributed by atoms with E-state index in [0.29, 0.717) is 32.1 Å². The number of hydrazine groups is 1. The first-order valence-corrected chi connectivity index (χ1v) is 8.85. The van der Waals surface area contributed by atoms with Crippen molar-refractivity contribution >= 4 is 51.7 Å². The van der Waals surface area contributed by atoms with Crippen molar-refractivity contribution in [2.45, 2.75) is 6.42 Å². The summed E-state index contributed by atoms with van der Waals surface area (Å²) in [5.74, 6) is -1.64. The van der Waals surface area contributed by atoms with Gasteiger partial charge in [-0.15, -0.1) is 0 Å². The Morgan fingerprint density at radius 3 is 2.11 bits per heavy atom. The summed E-state index contributed by atoms with van der Waals surface area (Å²) in [7, 11) is 0. The first-order valence-electron chi connectivity index (χ1n) is 8.09. The average Bonchev–Trinajstić information content (AvgIpc) is 2.66. The van der Waals surface area contributed by atoms with Crippen LogP contribution in [0.25, 0.3) is 10.8 Å². The van der Waals surface area contributed by atoms with Crippen LogP contribution in [0.5, 0.6) is 0 Å². The second-order valence-corrected chi connectivity index (χ2v) is 6.93. The van der Waals surface area contributed by atoms with Gasteiger partial charge in [-0.1, -0.05) is 53.5 Å². The fourth-order valence-electron chi connectivity index (χ4n) is 3.13. The highest BCUT2D eigenvalue weighted by atomic mass is 35.5. The quantitative estimate of drug-likeness (QED) is 0.677. The van der Waals surface area contributed by atoms with Crippen LogP contribution in [0.2, 0.25) is 10.0 Å². The third-order valence-electron chi connectivity index (χ3n) is 4.36. The molecule has 0 saturated heterocycles. The second-order valence-electron chi connectivity index (χ2n) is 6.12. The molecule has 27 heavy (non-hydrogen) atoms. The van der Waals surface area contributed by atoms with Crippen LogP contribution in [0.1, 0.15) is 26.3 Å². The Bertz CT molecular complexity index is 1080. The number of nitrogens with zero attached hydrogens (tertiary/aromatic N) is 1. The minimum absolute atomic E-state index is 0.0558. The lowest BCUT2D eigenvalue weighted by Crippen LogP contribution is -2.52. The van der Waals surface area contributed by atoms with Gasteiger partial charge in [-0.2, -0.15) is 5.01 Å². The molecule has 0 saturated carbocycles. The van der Waals surface area contributed by atoms with E-state index in [4.69, 9.17) is 23.2 Å². The molecule has 0 radical (unpaired) electrons. The molecule has 3 aromatic rings. The van der Waals surface area contributed by atoms with Crippen molar-refractivity contribution < 1.29 is 14.4 Å². The molecule has 1 aliphatic rings. The number of carbonyl (C=O) groups excluding carboxylic acids is 3. The normalized spacial score (nSPS) is 13.2. The van der Waals surface area contributed by atoms with Crippen molar-refractivity contribution in [2.24, 2.45) is 0 Å². The number of hydrogen-bond acceptors (Lipinski definition) is 3. The summed E-state index contributed by atoms with van der Waals surface area (Å²) in [5.41, 5.74) is 3.76. The van der Waals surface area contributed by atoms with Crippen molar-refractivity contribution in [1.29, 1.82) is 0 Å². The highest BCUT2D eigenvalue weighted by molar-refractivity contribution is 6.42. The number of nitrogens with one attached hydrogen (secondary N) is 1. The summed E-state index contributed by atoms with van der Waals surface area (Å²) in [5, 5.41) is 2.87. The maximum absolute atomic E-state index is 12.8. The summed E-state index contributed by atoms with van der Waals surface area (Å²) in [6, 6.07) is 15.2. The Labute approximate surface area is 164 Å². The summed E-state index contributed by atoms with van der Waals surface area (Å²) in [4.78, 5) is 37.9. The summed E-state index contributed by atoms with van der Waals surface area (Å²) >= 11 is 11.8. The number of halogens is 2. The molecule has 1 N–H and O–H groups in total. The van der Waals surface area contributed by atoms with E-state index in [2.05, 4.69) is 5.43 Å². The molecule has 0 aliphatic carbocycles. The molecular formula is C20H12Cl2N2O3. The molecule has 0 spiro atoms. The first-order chi connectivity index (χ1) is 13.0. The summed E-state index contributed by atoms with van der Waals surface area (Å²) < 4.78 is 0. The molecule has 0 unspecified atom stereocenters. The minimum atomic E-state index is -0.563. The molecule has 0 bridgehead atoms. The number of carbonyl (C=O) groups is 3. The van der Waals surface area contributed by atoms with Gasteiger partial charge < -0.3 is 0 Å². The fourth-order valence-corrected chi connectivity index (χ4v) is 3.45. The van der Waals surface area contributed by atoms with Gasteiger partial charge in [0, 0.05) is 5.39 Å². The fraction of sp³-hybridized carbons (Fsp3) is 0.0500. The third-order valence-corrected chi connectivity index (χ3v) is 5.10. The molecule has 134 valence electrons. The number of hydrogen-bond donors (Lipinski definition) is 1. The van der Waals surface area contributed by atoms with Crippen LogP contribution in [-0.2, 0) is 11.2 Å². The number of amides is 3. The van der Waals surface area contributed by atoms with Gasteiger partial charge in [-0.3, -0.25) is 19.8 Å². The van der Waals surface area contributed by atoms with Crippen molar-refractivity contribution in [1.82, 2.24) is 10.4 Å². The zero-order valence-corrected chi connectivity index (χ0v) is 15.3. The smallest absolute Gasteiger partial charge is 0.273 e. The van der Waals surface area contributed by atoms with E-state index in [-0.39, 0.29) is 6.42 Å². The Morgan fingerprint density at radius 2 is 1.52 bits per heavy atom. The monoisotopic (exact) mass is 398 g/mol. The Morgan fingerprint density at radius 1 is 0.889 bits per heavy atom. The van der Waals surface area contributed by atoms with Crippen LogP contribution in [-0.4, -0.2) is 22.7 Å². The average molecular weight is 399 g/mol. The predicted molar refractivity (Wildman–Crippen MR) is 103 cm³/mol. The summed E-state index contributed by atoms with van der Waals surface area (Å²) in [6.45, 7) is 0. The van der Waals surface area contributed by atoms with Gasteiger partial charge in [0.05, 0.1) is 27.6 Å². The minimum Gasteiger partial charge on any atom is -0.273 e. The zero-order valence-electron chi connectivity index (χ0n) is 13.8. The Hall–Kier alpha value is -2.89. The van der Waals surface area contributed by atoms with Crippen molar-refractivity contribution in [3.8, 4) is 0 Å². The van der Waals surface area contributed by atoms with Gasteiger partial charge in [0.2, 0.25) is 5.91 Å². The predicted octanol–water partition coefficient (Wildman–Crippen LogP) is 4.02. The van der Waals surface area contributed by atoms with E-state index in [1.54, 1.807) is 42.5 Å². The van der Waals surface area contributed by atoms with Crippen molar-refractivity contribution in [3.63, 3.8) is 0 Å². The Balaban J connectivity index is 1.61. The number of benzene rings is 3. The maximum atomic E-state index is 12.8. The molecule has 5 nitrogen and oxygen atoms in total. The van der Waals surface area contributed by atoms with Gasteiger partial charge in [0.15, 0.2) is 0 Å². The van der Waals surface area contributed by atoms with Crippen LogP contribution >= 0.6 is 23.2 Å². The lowest BCUT2D eigenvalue weighted by Gasteiger charge is -2.27. The number of rotatable bonds is 3. The van der Waals surface area contributed by atoms with Crippen molar-refractivity contribution in [3.05, 3.63) is 81.3 Å². The van der Waals surface area contributed by atoms with Gasteiger partial charge in [0.1, 0.15) is 0 Å². The van der Waals surface area contributed by atoms with Crippen LogP contribution in [0, 0.1) is 0 Å². The van der Waals surface area contributed by atoms with Gasteiger partial charge in [-0.25, -0.2) is 0 Å². The number of imide groups is 1. The molecule has 4 rings (SSSR count). The third kappa shape index (κ3) is 3.05. The Kier molecular flexibility index (Phi) is 4.34. The van der Waals surface area contributed by atoms with E-state index < -0.39 is 17.7 Å². The molecule has 0 atom stereocenters. The van der Waals surface area contributed by atoms with E-state index >= 15 is 0 Å². The van der Waals surface area contributed by atoms with Crippen LogP contribution < -0.4 is 5.43 Å². The highest BCUT2D eigenvalue weighted by Crippen LogP contribution is 2.29. The highest BCUT2D eigenvalue weighted by Gasteiger charge is 2.33. The van der Waals surface area contributed by atoms with E-state index in [1.165, 1.54) is 0 Å². The molecule has 7 heteroatoms. The largest absolute Gasteiger partial charge is 0.280 e. The van der Waals surface area contributed by atoms with E-state index in [1.807, 2.05) is 12.1 Å². The van der Waals surface area contributed by atoms with Crippen LogP contribution in [0.3, 0.4) is 0 Å². The molecule has 3 aromatic carbocycles. The molecule has 0 fully saturated rings. The van der Waals surface area contributed by atoms with Gasteiger partial charge >= 0.3 is 0 Å². The van der Waals surface area contributed by atoms with E-state index in [9.17, 15) is 14.4 Å². The molecule has 1 heterocycles. The molecular weight excluding hydrogens is 387 g/mol. The zero-order chi connectivity index (χ0) is 19.1. The van der Waals surface area contributed by atoms with Crippen molar-refractivity contribution in [2.75, 3.05) is 0 Å². The second kappa shape index (κ2) is 6.68. The lowest BCUT2D eigenvalue weighted by atomic mass is 9.95. The lowest BCUT2D eigenvalue weighted by molar-refractivity contribution is -0.123. The standard InChI is InChI=1S/C20H12Cl2N2O3/c21-15-8-7-11(9-16(15)22)10-17(25)23-24-19(26)13-5-1-3-12-4-2-6-14(18(12)13)20(24)27/h1-9H,10H2,(H,23,25). The van der Waals surface area contributed by atoms with Crippen LogP contribution in [0.4, 0.5) is 0 Å². The molecule has 1 aliphatic heterocycles. The topological polar surface area (TPSA) is 66.5 Å². The molecule has 0 aromatic heterocycles. The molecule has 3 amide bonds. The maximum Gasteiger partial charge on any atom is 0.280 e. The van der Waals surface area contributed by atoms with Gasteiger partial charge in [-0.05, 0) is 35.2 Å². The van der Waals surface area contributed by atoms with E-state index in [0.717, 1.165) is 10.4 Å². The van der Waals surface area contributed by atoms with Crippen LogP contribution in [0.15, 0.2) is 54.6 Å². The first kappa shape index (κ1) is 17.5. The van der Waals surface area contributed by atoms with Gasteiger partial charge in [0.25, 0.3) is 11.8 Å². The summed E-state index contributed by atoms with van der Waals surface area (Å²) in [6.07, 6.45) is -0.0558. The SMILES string of the molecule is O=C(Cc1ccc(Cl)c(Cl)c1)NN1C(=O)c2cccc3cccc(c23)C1=O.